The molecule has 30 heavy (non-hydrogen) atoms. The highest BCUT2D eigenvalue weighted by atomic mass is 32.2. The molecule has 3 heterocycles. The molecule has 3 rings (SSSR count). The third-order valence-corrected chi connectivity index (χ3v) is 5.92. The van der Waals surface area contributed by atoms with Crippen LogP contribution < -0.4 is 15.5 Å². The highest BCUT2D eigenvalue weighted by Gasteiger charge is 2.26. The number of aromatic nitrogens is 3. The summed E-state index contributed by atoms with van der Waals surface area (Å²) in [6.45, 7) is 9.99. The van der Waals surface area contributed by atoms with Gasteiger partial charge in [-0.05, 0) is 51.7 Å². The number of imide groups is 1. The summed E-state index contributed by atoms with van der Waals surface area (Å²) in [6.07, 6.45) is 3.96. The first kappa shape index (κ1) is 22.2. The second-order valence-corrected chi connectivity index (χ2v) is 9.33. The molecule has 0 unspecified atom stereocenters. The van der Waals surface area contributed by atoms with Crippen molar-refractivity contribution in [2.24, 2.45) is 5.92 Å². The van der Waals surface area contributed by atoms with Crippen LogP contribution in [0.4, 0.5) is 10.7 Å². The molecule has 0 radical (unpaired) electrons. The van der Waals surface area contributed by atoms with E-state index in [1.54, 1.807) is 13.2 Å². The summed E-state index contributed by atoms with van der Waals surface area (Å²) in [5, 5.41) is 13.9. The molecule has 10 heteroatoms. The van der Waals surface area contributed by atoms with Crippen LogP contribution >= 0.6 is 11.8 Å². The molecule has 1 aliphatic heterocycles. The highest BCUT2D eigenvalue weighted by molar-refractivity contribution is 8.00. The van der Waals surface area contributed by atoms with Crippen molar-refractivity contribution in [3.8, 4) is 0 Å². The number of furan rings is 1. The number of thioether (sulfide) groups is 1. The number of rotatable bonds is 7. The van der Waals surface area contributed by atoms with Gasteiger partial charge in [0.15, 0.2) is 5.16 Å². The molecular weight excluding hydrogens is 404 g/mol. The zero-order valence-electron chi connectivity index (χ0n) is 17.9. The van der Waals surface area contributed by atoms with Crippen molar-refractivity contribution >= 4 is 29.6 Å². The summed E-state index contributed by atoms with van der Waals surface area (Å²) in [5.41, 5.74) is 0. The molecule has 1 fully saturated rings. The standard InChI is InChI=1S/C20H30N6O3S/c1-13(2)21-18(28)22-17(27)15(4)30-20-24-23-19(25-9-5-7-14(3)11-25)26(20)12-16-8-6-10-29-16/h6,8,10,13-15H,5,7,9,11-12H2,1-4H3,(H2,21,22,27,28)/t14-,15+/m1/s1. The third kappa shape index (κ3) is 5.78. The summed E-state index contributed by atoms with van der Waals surface area (Å²) in [6, 6.07) is 3.20. The van der Waals surface area contributed by atoms with Gasteiger partial charge in [0.25, 0.3) is 0 Å². The second-order valence-electron chi connectivity index (χ2n) is 8.02. The van der Waals surface area contributed by atoms with Crippen LogP contribution in [0, 0.1) is 5.92 Å². The number of hydrogen-bond donors (Lipinski definition) is 2. The lowest BCUT2D eigenvalue weighted by Crippen LogP contribution is -2.45. The summed E-state index contributed by atoms with van der Waals surface area (Å²) >= 11 is 1.28. The van der Waals surface area contributed by atoms with Crippen molar-refractivity contribution in [1.82, 2.24) is 25.4 Å². The van der Waals surface area contributed by atoms with Crippen molar-refractivity contribution in [3.63, 3.8) is 0 Å². The molecule has 164 valence electrons. The van der Waals surface area contributed by atoms with Crippen molar-refractivity contribution in [1.29, 1.82) is 0 Å². The Morgan fingerprint density at radius 2 is 2.13 bits per heavy atom. The average Bonchev–Trinajstić information content (AvgIpc) is 3.32. The number of carbonyl (C=O) groups excluding carboxylic acids is 2. The van der Waals surface area contributed by atoms with Crippen LogP contribution in [0.5, 0.6) is 0 Å². The topological polar surface area (TPSA) is 105 Å². The van der Waals surface area contributed by atoms with E-state index in [1.807, 2.05) is 30.5 Å². The second kappa shape index (κ2) is 10.0. The van der Waals surface area contributed by atoms with Gasteiger partial charge in [-0.3, -0.25) is 14.7 Å². The number of anilines is 1. The first-order valence-corrected chi connectivity index (χ1v) is 11.2. The predicted octanol–water partition coefficient (Wildman–Crippen LogP) is 2.87. The molecule has 2 N–H and O–H groups in total. The van der Waals surface area contributed by atoms with E-state index in [9.17, 15) is 9.59 Å². The Labute approximate surface area is 181 Å². The molecule has 0 saturated carbocycles. The van der Waals surface area contributed by atoms with E-state index in [2.05, 4.69) is 32.7 Å². The molecule has 9 nitrogen and oxygen atoms in total. The van der Waals surface area contributed by atoms with Crippen LogP contribution in [-0.2, 0) is 11.3 Å². The zero-order chi connectivity index (χ0) is 21.7. The van der Waals surface area contributed by atoms with Crippen LogP contribution in [-0.4, -0.2) is 51.1 Å². The fourth-order valence-corrected chi connectivity index (χ4v) is 4.24. The number of piperidine rings is 1. The van der Waals surface area contributed by atoms with Crippen LogP contribution in [0.3, 0.4) is 0 Å². The average molecular weight is 435 g/mol. The van der Waals surface area contributed by atoms with E-state index in [-0.39, 0.29) is 11.9 Å². The van der Waals surface area contributed by atoms with Crippen LogP contribution in [0.2, 0.25) is 0 Å². The Balaban J connectivity index is 1.76. The Bertz CT molecular complexity index is 851. The van der Waals surface area contributed by atoms with Crippen LogP contribution in [0.25, 0.3) is 0 Å². The minimum absolute atomic E-state index is 0.0494. The third-order valence-electron chi connectivity index (χ3n) is 4.84. The maximum atomic E-state index is 12.4. The van der Waals surface area contributed by atoms with Gasteiger partial charge in [-0.15, -0.1) is 10.2 Å². The first-order chi connectivity index (χ1) is 14.3. The molecule has 2 aromatic rings. The van der Waals surface area contributed by atoms with E-state index in [0.717, 1.165) is 31.2 Å². The Hall–Kier alpha value is -2.49. The van der Waals surface area contributed by atoms with Gasteiger partial charge in [0.1, 0.15) is 5.76 Å². The van der Waals surface area contributed by atoms with Crippen molar-refractivity contribution in [2.75, 3.05) is 18.0 Å². The molecular formula is C20H30N6O3S. The number of carbonyl (C=O) groups is 2. The number of hydrogen-bond acceptors (Lipinski definition) is 7. The maximum Gasteiger partial charge on any atom is 0.321 e. The Kier molecular flexibility index (Phi) is 7.41. The normalized spacial score (nSPS) is 17.8. The highest BCUT2D eigenvalue weighted by Crippen LogP contribution is 2.29. The van der Waals surface area contributed by atoms with Gasteiger partial charge in [0, 0.05) is 19.1 Å². The summed E-state index contributed by atoms with van der Waals surface area (Å²) in [5.74, 6) is 1.79. The Morgan fingerprint density at radius 3 is 2.80 bits per heavy atom. The number of urea groups is 1. The van der Waals surface area contributed by atoms with Gasteiger partial charge in [-0.2, -0.15) is 0 Å². The van der Waals surface area contributed by atoms with Crippen molar-refractivity contribution in [3.05, 3.63) is 24.2 Å². The van der Waals surface area contributed by atoms with E-state index in [0.29, 0.717) is 17.6 Å². The lowest BCUT2D eigenvalue weighted by Gasteiger charge is -2.31. The number of nitrogens with zero attached hydrogens (tertiary/aromatic N) is 4. The lowest BCUT2D eigenvalue weighted by atomic mass is 10.0. The lowest BCUT2D eigenvalue weighted by molar-refractivity contribution is -0.119. The van der Waals surface area contributed by atoms with Crippen molar-refractivity contribution in [2.45, 2.75) is 63.5 Å². The van der Waals surface area contributed by atoms with E-state index in [1.165, 1.54) is 18.2 Å². The van der Waals surface area contributed by atoms with Gasteiger partial charge in [-0.1, -0.05) is 18.7 Å². The molecule has 3 amide bonds. The molecule has 0 bridgehead atoms. The molecule has 1 aliphatic rings. The molecule has 1 saturated heterocycles. The van der Waals surface area contributed by atoms with Crippen LogP contribution in [0.15, 0.2) is 28.0 Å². The maximum absolute atomic E-state index is 12.4. The predicted molar refractivity (Wildman–Crippen MR) is 116 cm³/mol. The monoisotopic (exact) mass is 434 g/mol. The molecule has 2 aromatic heterocycles. The van der Waals surface area contributed by atoms with Gasteiger partial charge in [0.2, 0.25) is 11.9 Å². The minimum Gasteiger partial charge on any atom is -0.467 e. The molecule has 2 atom stereocenters. The van der Waals surface area contributed by atoms with Crippen molar-refractivity contribution < 1.29 is 14.0 Å². The van der Waals surface area contributed by atoms with E-state index in [4.69, 9.17) is 4.42 Å². The quantitative estimate of drug-likeness (QED) is 0.646. The summed E-state index contributed by atoms with van der Waals surface area (Å²) in [4.78, 5) is 26.5. The molecule has 0 aromatic carbocycles. The fraction of sp³-hybridized carbons (Fsp3) is 0.600. The van der Waals surface area contributed by atoms with E-state index >= 15 is 0 Å². The zero-order valence-corrected chi connectivity index (χ0v) is 18.7. The van der Waals surface area contributed by atoms with E-state index < -0.39 is 11.3 Å². The van der Waals surface area contributed by atoms with Crippen LogP contribution in [0.1, 0.15) is 46.3 Å². The summed E-state index contributed by atoms with van der Waals surface area (Å²) in [7, 11) is 0. The SMILES string of the molecule is CC(C)NC(=O)NC(=O)[C@H](C)Sc1nnc(N2CCC[C@@H](C)C2)n1Cc1ccco1. The largest absolute Gasteiger partial charge is 0.467 e. The van der Waals surface area contributed by atoms with Gasteiger partial charge < -0.3 is 14.6 Å². The molecule has 0 aliphatic carbocycles. The van der Waals surface area contributed by atoms with Gasteiger partial charge in [0.05, 0.1) is 18.1 Å². The number of nitrogens with one attached hydrogen (secondary N) is 2. The van der Waals surface area contributed by atoms with Gasteiger partial charge in [-0.25, -0.2) is 4.79 Å². The Morgan fingerprint density at radius 1 is 1.33 bits per heavy atom. The molecule has 0 spiro atoms. The minimum atomic E-state index is -0.518. The smallest absolute Gasteiger partial charge is 0.321 e. The summed E-state index contributed by atoms with van der Waals surface area (Å²) < 4.78 is 7.52. The van der Waals surface area contributed by atoms with Gasteiger partial charge >= 0.3 is 6.03 Å². The fourth-order valence-electron chi connectivity index (χ4n) is 3.39. The first-order valence-electron chi connectivity index (χ1n) is 10.3. The number of amides is 3.